The van der Waals surface area contributed by atoms with Crippen LogP contribution in [0.3, 0.4) is 0 Å². The fourth-order valence-corrected chi connectivity index (χ4v) is 2.76. The van der Waals surface area contributed by atoms with Gasteiger partial charge in [0, 0.05) is 58.5 Å². The largest absolute Gasteiger partial charge is 0.383 e. The van der Waals surface area contributed by atoms with Crippen molar-refractivity contribution in [2.75, 3.05) is 64.4 Å². The first-order valence-corrected chi connectivity index (χ1v) is 8.75. The van der Waals surface area contributed by atoms with Gasteiger partial charge in [-0.1, -0.05) is 18.2 Å². The molecule has 1 fully saturated rings. The molecule has 0 unspecified atom stereocenters. The van der Waals surface area contributed by atoms with E-state index in [2.05, 4.69) is 27.7 Å². The monoisotopic (exact) mass is 348 g/mol. The number of nitrogens with zero attached hydrogens (tertiary/aromatic N) is 2. The molecule has 1 aromatic carbocycles. The molecule has 0 bridgehead atoms. The van der Waals surface area contributed by atoms with E-state index < -0.39 is 0 Å². The van der Waals surface area contributed by atoms with Crippen molar-refractivity contribution in [1.29, 1.82) is 0 Å². The van der Waals surface area contributed by atoms with Crippen molar-refractivity contribution in [2.45, 2.75) is 6.42 Å². The highest BCUT2D eigenvalue weighted by atomic mass is 16.5. The van der Waals surface area contributed by atoms with Crippen LogP contribution in [0.4, 0.5) is 5.69 Å². The van der Waals surface area contributed by atoms with Gasteiger partial charge in [0.1, 0.15) is 0 Å². The summed E-state index contributed by atoms with van der Waals surface area (Å²) < 4.78 is 4.89. The lowest BCUT2D eigenvalue weighted by molar-refractivity contribution is -0.131. The van der Waals surface area contributed by atoms with Crippen LogP contribution in [-0.4, -0.2) is 76.2 Å². The molecule has 1 aromatic rings. The molecule has 7 nitrogen and oxygen atoms in total. The Morgan fingerprint density at radius 3 is 2.48 bits per heavy atom. The number of hydrogen-bond acceptors (Lipinski definition) is 5. The molecule has 138 valence electrons. The van der Waals surface area contributed by atoms with Gasteiger partial charge in [-0.25, -0.2) is 0 Å². The van der Waals surface area contributed by atoms with Gasteiger partial charge < -0.3 is 25.2 Å². The van der Waals surface area contributed by atoms with Gasteiger partial charge >= 0.3 is 0 Å². The Morgan fingerprint density at radius 1 is 1.08 bits per heavy atom. The summed E-state index contributed by atoms with van der Waals surface area (Å²) in [5.74, 6) is -0.00171. The maximum absolute atomic E-state index is 12.2. The van der Waals surface area contributed by atoms with Crippen LogP contribution >= 0.6 is 0 Å². The molecule has 0 radical (unpaired) electrons. The second-order valence-corrected chi connectivity index (χ2v) is 5.97. The molecule has 1 aliphatic rings. The maximum atomic E-state index is 12.2. The van der Waals surface area contributed by atoms with Gasteiger partial charge in [0.05, 0.1) is 13.2 Å². The summed E-state index contributed by atoms with van der Waals surface area (Å²) in [5, 5.41) is 5.73. The fraction of sp³-hybridized carbons (Fsp3) is 0.556. The van der Waals surface area contributed by atoms with Crippen LogP contribution in [0.25, 0.3) is 0 Å². The molecule has 0 atom stereocenters. The first kappa shape index (κ1) is 19.2. The normalized spacial score (nSPS) is 14.4. The molecule has 0 aromatic heterocycles. The minimum atomic E-state index is -0.0993. The van der Waals surface area contributed by atoms with E-state index in [1.54, 1.807) is 7.11 Å². The number of benzene rings is 1. The van der Waals surface area contributed by atoms with Crippen LogP contribution in [0.5, 0.6) is 0 Å². The van der Waals surface area contributed by atoms with E-state index in [1.807, 2.05) is 23.1 Å². The van der Waals surface area contributed by atoms with E-state index in [0.29, 0.717) is 26.1 Å². The zero-order valence-electron chi connectivity index (χ0n) is 14.9. The van der Waals surface area contributed by atoms with E-state index in [4.69, 9.17) is 4.74 Å². The first-order chi connectivity index (χ1) is 12.2. The average Bonchev–Trinajstić information content (AvgIpc) is 2.66. The number of amides is 2. The van der Waals surface area contributed by atoms with Gasteiger partial charge in [0.2, 0.25) is 11.8 Å². The number of nitrogens with one attached hydrogen (secondary N) is 2. The Hall–Kier alpha value is -2.12. The van der Waals surface area contributed by atoms with Gasteiger partial charge in [0.25, 0.3) is 0 Å². The van der Waals surface area contributed by atoms with E-state index in [-0.39, 0.29) is 18.4 Å². The van der Waals surface area contributed by atoms with Gasteiger partial charge in [-0.15, -0.1) is 0 Å². The number of carbonyl (C=O) groups is 2. The van der Waals surface area contributed by atoms with E-state index in [0.717, 1.165) is 26.2 Å². The first-order valence-electron chi connectivity index (χ1n) is 8.75. The number of piperazine rings is 1. The van der Waals surface area contributed by atoms with E-state index in [9.17, 15) is 9.59 Å². The molecule has 1 saturated heterocycles. The Labute approximate surface area is 149 Å². The lowest BCUT2D eigenvalue weighted by Crippen LogP contribution is -2.49. The highest BCUT2D eigenvalue weighted by molar-refractivity contribution is 5.80. The van der Waals surface area contributed by atoms with Crippen molar-refractivity contribution in [3.05, 3.63) is 30.3 Å². The second kappa shape index (κ2) is 10.7. The number of anilines is 1. The van der Waals surface area contributed by atoms with Crippen molar-refractivity contribution in [1.82, 2.24) is 15.5 Å². The topological polar surface area (TPSA) is 73.9 Å². The van der Waals surface area contributed by atoms with Crippen molar-refractivity contribution in [3.63, 3.8) is 0 Å². The average molecular weight is 348 g/mol. The zero-order valence-corrected chi connectivity index (χ0v) is 14.9. The number of carbonyl (C=O) groups excluding carboxylic acids is 2. The van der Waals surface area contributed by atoms with Gasteiger partial charge in [-0.2, -0.15) is 0 Å². The van der Waals surface area contributed by atoms with Crippen LogP contribution in [0.2, 0.25) is 0 Å². The number of methoxy groups -OCH3 is 1. The minimum Gasteiger partial charge on any atom is -0.383 e. The molecule has 1 heterocycles. The van der Waals surface area contributed by atoms with Crippen LogP contribution in [0.15, 0.2) is 30.3 Å². The summed E-state index contributed by atoms with van der Waals surface area (Å²) in [6, 6.07) is 10.2. The zero-order chi connectivity index (χ0) is 17.9. The lowest BCUT2D eigenvalue weighted by atomic mass is 10.2. The lowest BCUT2D eigenvalue weighted by Gasteiger charge is -2.36. The predicted octanol–water partition coefficient (Wildman–Crippen LogP) is 0.0775. The van der Waals surface area contributed by atoms with Gasteiger partial charge in [-0.05, 0) is 12.1 Å². The Kier molecular flexibility index (Phi) is 8.21. The summed E-state index contributed by atoms with van der Waals surface area (Å²) in [6.45, 7) is 4.95. The summed E-state index contributed by atoms with van der Waals surface area (Å²) in [6.07, 6.45) is 0.342. The van der Waals surface area contributed by atoms with Crippen LogP contribution < -0.4 is 15.5 Å². The van der Waals surface area contributed by atoms with E-state index >= 15 is 0 Å². The number of ether oxygens (including phenoxy) is 1. The molecule has 25 heavy (non-hydrogen) atoms. The Balaban J connectivity index is 1.60. The Bertz CT molecular complexity index is 530. The van der Waals surface area contributed by atoms with Gasteiger partial charge in [-0.3, -0.25) is 9.59 Å². The van der Waals surface area contributed by atoms with Crippen molar-refractivity contribution in [2.24, 2.45) is 0 Å². The molecule has 1 aliphatic heterocycles. The highest BCUT2D eigenvalue weighted by Crippen LogP contribution is 2.15. The maximum Gasteiger partial charge on any atom is 0.233 e. The predicted molar refractivity (Wildman–Crippen MR) is 97.6 cm³/mol. The van der Waals surface area contributed by atoms with Crippen LogP contribution in [-0.2, 0) is 14.3 Å². The molecule has 7 heteroatoms. The standard InChI is InChI=1S/C18H28N4O3/c1-25-14-9-19-15-17(23)20-8-7-18(24)22-12-10-21(11-13-22)16-5-3-2-4-6-16/h2-6,19H,7-15H2,1H3,(H,20,23). The van der Waals surface area contributed by atoms with Gasteiger partial charge in [0.15, 0.2) is 0 Å². The number of rotatable bonds is 9. The molecule has 2 amide bonds. The third kappa shape index (κ3) is 6.72. The molecule has 0 spiro atoms. The minimum absolute atomic E-state index is 0.0975. The molecule has 0 saturated carbocycles. The molecule has 2 N–H and O–H groups in total. The molecule has 2 rings (SSSR count). The summed E-state index contributed by atoms with van der Waals surface area (Å²) in [7, 11) is 1.62. The smallest absolute Gasteiger partial charge is 0.233 e. The molecular weight excluding hydrogens is 320 g/mol. The quantitative estimate of drug-likeness (QED) is 0.618. The Morgan fingerprint density at radius 2 is 1.80 bits per heavy atom. The molecular formula is C18H28N4O3. The van der Waals surface area contributed by atoms with Crippen molar-refractivity contribution < 1.29 is 14.3 Å². The highest BCUT2D eigenvalue weighted by Gasteiger charge is 2.20. The summed E-state index contributed by atoms with van der Waals surface area (Å²) >= 11 is 0. The fourth-order valence-electron chi connectivity index (χ4n) is 2.76. The second-order valence-electron chi connectivity index (χ2n) is 5.97. The van der Waals surface area contributed by atoms with Crippen molar-refractivity contribution in [3.8, 4) is 0 Å². The number of para-hydroxylation sites is 1. The van der Waals surface area contributed by atoms with Crippen LogP contribution in [0.1, 0.15) is 6.42 Å². The van der Waals surface area contributed by atoms with E-state index in [1.165, 1.54) is 5.69 Å². The number of hydrogen-bond donors (Lipinski definition) is 2. The third-order valence-corrected chi connectivity index (χ3v) is 4.18. The van der Waals surface area contributed by atoms with Crippen molar-refractivity contribution >= 4 is 17.5 Å². The third-order valence-electron chi connectivity index (χ3n) is 4.18. The SMILES string of the molecule is COCCNCC(=O)NCCC(=O)N1CCN(c2ccccc2)CC1. The summed E-state index contributed by atoms with van der Waals surface area (Å²) in [5.41, 5.74) is 1.20. The molecule has 0 aliphatic carbocycles. The van der Waals surface area contributed by atoms with Crippen LogP contribution in [0, 0.1) is 0 Å². The summed E-state index contributed by atoms with van der Waals surface area (Å²) in [4.78, 5) is 28.0.